The van der Waals surface area contributed by atoms with E-state index in [-0.39, 0.29) is 46.2 Å². The van der Waals surface area contributed by atoms with Crippen molar-refractivity contribution < 1.29 is 118 Å². The number of carboxylic acid groups (broad SMARTS) is 1. The van der Waals surface area contributed by atoms with Crippen LogP contribution in [0, 0.1) is 5.92 Å². The van der Waals surface area contributed by atoms with Gasteiger partial charge in [-0.25, -0.2) is 4.79 Å². The molecule has 0 unspecified atom stereocenters. The zero-order valence-corrected chi connectivity index (χ0v) is 55.8. The Hall–Kier alpha value is -9.20. The van der Waals surface area contributed by atoms with Crippen molar-refractivity contribution in [3.63, 3.8) is 0 Å². The van der Waals surface area contributed by atoms with Crippen LogP contribution < -0.4 is 62.9 Å². The molecule has 35 heteroatoms. The molecule has 21 N–H and O–H groups in total. The van der Waals surface area contributed by atoms with E-state index in [0.29, 0.717) is 0 Å². The third-order valence-corrected chi connectivity index (χ3v) is 18.4. The fourth-order valence-corrected chi connectivity index (χ4v) is 12.9. The Morgan fingerprint density at radius 3 is 1.90 bits per heavy atom. The first-order valence-electron chi connectivity index (χ1n) is 31.6. The number of amides is 7. The maximum absolute atomic E-state index is 16.0. The Morgan fingerprint density at radius 2 is 1.32 bits per heavy atom. The first-order chi connectivity index (χ1) is 47.7. The molecule has 0 radical (unpaired) electrons. The van der Waals surface area contributed by atoms with Crippen LogP contribution >= 0.6 is 23.2 Å². The fraction of sp³-hybridized carbons (Fsp3) is 0.424. The van der Waals surface area contributed by atoms with Gasteiger partial charge in [0.1, 0.15) is 89.5 Å². The Morgan fingerprint density at radius 1 is 0.713 bits per heavy atom. The third-order valence-electron chi connectivity index (χ3n) is 17.8. The summed E-state index contributed by atoms with van der Waals surface area (Å²) in [6, 6.07) is -0.679. The number of carbonyl (C=O) groups excluding carboxylic acids is 7. The predicted molar refractivity (Wildman–Crippen MR) is 349 cm³/mol. The summed E-state index contributed by atoms with van der Waals surface area (Å²) < 4.78 is 38.3. The molecule has 18 atom stereocenters. The summed E-state index contributed by atoms with van der Waals surface area (Å²) in [5.41, 5.74) is 8.00. The van der Waals surface area contributed by atoms with Crippen molar-refractivity contribution in [3.8, 4) is 57.1 Å². The summed E-state index contributed by atoms with van der Waals surface area (Å²) in [6.07, 6.45) is -18.6. The van der Waals surface area contributed by atoms with Crippen molar-refractivity contribution in [1.82, 2.24) is 37.2 Å². The minimum atomic E-state index is -2.35. The van der Waals surface area contributed by atoms with E-state index < -0.39 is 237 Å². The molecule has 7 aliphatic heterocycles. The Balaban J connectivity index is 1.24. The van der Waals surface area contributed by atoms with Gasteiger partial charge in [0.15, 0.2) is 29.9 Å². The van der Waals surface area contributed by atoms with Gasteiger partial charge in [-0.05, 0) is 110 Å². The SMILES string of the molecule is CN[C@H](CC(C)C)C(=O)N[C@H]1C(=O)N[C@@H](CC(N)=O)C(=O)N[C@@H]2C(=O)N[C@H]3C(=O)N[C@H](C(=O)N[C@H](C(=O)O)c4cc(O)cc(O)c4-c4cc3ccc4O)[C@H](O)c3ccc(c(Cl)c3)Oc3cc2cc(c3O[C@@H]2O[C@H](CO)[C@@H](O)[C@H](O)[C@H]2O[C@H]2C[C@](C)(N)[C@H](O)[C@H](C)O2)Oc2ccc(cc2Cl)[C@H]1O. The minimum absolute atomic E-state index is 0.0975. The highest BCUT2D eigenvalue weighted by atomic mass is 35.5. The number of rotatable bonds is 13. The zero-order chi connectivity index (χ0) is 73.5. The van der Waals surface area contributed by atoms with Gasteiger partial charge in [0.25, 0.3) is 0 Å². The topological polar surface area (TPSA) is 530 Å². The van der Waals surface area contributed by atoms with Crippen LogP contribution in [0.1, 0.15) is 105 Å². The van der Waals surface area contributed by atoms with Crippen LogP contribution in [-0.2, 0) is 52.6 Å². The number of halogens is 2. The van der Waals surface area contributed by atoms with Gasteiger partial charge in [-0.2, -0.15) is 0 Å². The minimum Gasteiger partial charge on any atom is -0.508 e. The second-order valence-electron chi connectivity index (χ2n) is 25.7. The van der Waals surface area contributed by atoms with Gasteiger partial charge in [-0.3, -0.25) is 33.6 Å². The molecule has 5 aromatic carbocycles. The summed E-state index contributed by atoms with van der Waals surface area (Å²) >= 11 is 14.1. The fourth-order valence-electron chi connectivity index (χ4n) is 12.5. The molecule has 0 aliphatic carbocycles. The number of fused-ring (bicyclic) bond motifs is 15. The number of hydrogen-bond acceptors (Lipinski definition) is 25. The van der Waals surface area contributed by atoms with Crippen LogP contribution in [0.4, 0.5) is 0 Å². The van der Waals surface area contributed by atoms with Crippen LogP contribution in [0.2, 0.25) is 10.0 Å². The van der Waals surface area contributed by atoms with E-state index >= 15 is 14.4 Å². The van der Waals surface area contributed by atoms with Crippen molar-refractivity contribution in [3.05, 3.63) is 117 Å². The zero-order valence-electron chi connectivity index (χ0n) is 54.3. The molecule has 7 aliphatic rings. The highest BCUT2D eigenvalue weighted by Crippen LogP contribution is 2.50. The molecule has 0 aromatic heterocycles. The van der Waals surface area contributed by atoms with E-state index in [1.807, 2.05) is 13.8 Å². The van der Waals surface area contributed by atoms with Crippen LogP contribution in [0.3, 0.4) is 0 Å². The lowest BCUT2D eigenvalue weighted by Gasteiger charge is -2.47. The Labute approximate surface area is 584 Å². The molecule has 5 aromatic rings. The van der Waals surface area contributed by atoms with Crippen molar-refractivity contribution in [2.24, 2.45) is 17.4 Å². The average molecular weight is 1450 g/mol. The standard InChI is InChI=1S/C66H75Cl2N9O24/c1-23(2)12-34(71-5)58(88)76-49-51(83)26-7-10-38(32(67)14-26)97-40-16-28-17-41(55(40)101-65-56(54(86)53(85)42(22-78)99-65)100-44-21-66(4,70)57(87)24(3)96-44)98-39-11-8-27(15-33(39)68)52(84)50-63(93)75-48(64(94)95)31-18-29(79)19-37(81)45(31)30-13-25(6-9-36(30)80)46(60(90)77-50)74-61(91)47(28)73-59(89)35(20-43(69)82)72-62(49)92/h6-11,13-19,23-24,34-35,42,44,46-54,56-57,65,71,78-81,83-87H,12,20-22,70H2,1-5H3,(H2,69,82)(H,72,92)(H,73,89)(H,74,91)(H,75,93)(H,76,88)(H,77,90)(H,94,95)/t24-,34+,35-,42+,44-,46+,47-,48-,49+,50-,51+,52+,53+,54-,56+,57+,65-,66-/m0/s1. The van der Waals surface area contributed by atoms with Gasteiger partial charge in [-0.15, -0.1) is 0 Å². The number of aliphatic hydroxyl groups is 6. The number of primary amides is 1. The number of nitrogens with one attached hydrogen (secondary N) is 7. The number of phenols is 3. The van der Waals surface area contributed by atoms with Gasteiger partial charge in [0.2, 0.25) is 53.4 Å². The molecule has 12 rings (SSSR count). The molecule has 101 heavy (non-hydrogen) atoms. The number of aliphatic carboxylic acids is 1. The lowest BCUT2D eigenvalue weighted by Crippen LogP contribution is -2.64. The largest absolute Gasteiger partial charge is 0.508 e. The number of nitrogens with two attached hydrogens (primary N) is 2. The van der Waals surface area contributed by atoms with Crippen LogP contribution in [0.15, 0.2) is 78.9 Å². The molecule has 2 fully saturated rings. The third kappa shape index (κ3) is 15.8. The molecule has 33 nitrogen and oxygen atoms in total. The number of ether oxygens (including phenoxy) is 6. The van der Waals surface area contributed by atoms with Crippen molar-refractivity contribution in [2.75, 3.05) is 13.7 Å². The first-order valence-corrected chi connectivity index (χ1v) is 32.4. The van der Waals surface area contributed by atoms with Crippen molar-refractivity contribution in [1.29, 1.82) is 0 Å². The summed E-state index contributed by atoms with van der Waals surface area (Å²) in [5.74, 6) is -16.0. The van der Waals surface area contributed by atoms with Gasteiger partial charge in [-0.1, -0.05) is 55.2 Å². The summed E-state index contributed by atoms with van der Waals surface area (Å²) in [5, 5.41) is 131. The number of aliphatic hydroxyl groups excluding tert-OH is 6. The second-order valence-corrected chi connectivity index (χ2v) is 26.5. The molecule has 7 amide bonds. The number of carbonyl (C=O) groups is 8. The number of benzene rings is 5. The van der Waals surface area contributed by atoms with E-state index in [1.54, 1.807) is 0 Å². The molecule has 542 valence electrons. The Kier molecular flexibility index (Phi) is 22.2. The van der Waals surface area contributed by atoms with Gasteiger partial charge < -0.3 is 128 Å². The molecular formula is C66H75Cl2N9O24. The second kappa shape index (κ2) is 30.2. The number of aromatic hydroxyl groups is 3. The molecule has 2 saturated heterocycles. The lowest BCUT2D eigenvalue weighted by atomic mass is 9.86. The normalized spacial score (nSPS) is 29.4. The van der Waals surface area contributed by atoms with Crippen molar-refractivity contribution in [2.45, 2.75) is 156 Å². The molecule has 0 saturated carbocycles. The highest BCUT2D eigenvalue weighted by Gasteiger charge is 2.51. The quantitative estimate of drug-likeness (QED) is 0.0743. The van der Waals surface area contributed by atoms with Gasteiger partial charge in [0, 0.05) is 34.7 Å². The number of carboxylic acids is 1. The lowest BCUT2D eigenvalue weighted by molar-refractivity contribution is -0.333. The summed E-state index contributed by atoms with van der Waals surface area (Å²) in [4.78, 5) is 117. The smallest absolute Gasteiger partial charge is 0.330 e. The molecule has 7 heterocycles. The molecule has 11 bridgehead atoms. The maximum Gasteiger partial charge on any atom is 0.330 e. The van der Waals surface area contributed by atoms with Crippen LogP contribution in [-0.4, -0.2) is 191 Å². The summed E-state index contributed by atoms with van der Waals surface area (Å²) in [6.45, 7) is 5.66. The van der Waals surface area contributed by atoms with Crippen LogP contribution in [0.5, 0.6) is 46.0 Å². The van der Waals surface area contributed by atoms with Gasteiger partial charge >= 0.3 is 5.97 Å². The average Bonchev–Trinajstić information content (AvgIpc) is 0.775. The maximum atomic E-state index is 16.0. The van der Waals surface area contributed by atoms with Crippen LogP contribution in [0.25, 0.3) is 11.1 Å². The number of phenolic OH excluding ortho intramolecular Hbond substituents is 3. The summed E-state index contributed by atoms with van der Waals surface area (Å²) in [7, 11) is 1.47. The monoisotopic (exact) mass is 1450 g/mol. The molecule has 0 spiro atoms. The van der Waals surface area contributed by atoms with E-state index in [1.165, 1.54) is 33.0 Å². The Bertz CT molecular complexity index is 4070. The number of hydrogen-bond donors (Lipinski definition) is 19. The van der Waals surface area contributed by atoms with E-state index in [2.05, 4.69) is 37.2 Å². The van der Waals surface area contributed by atoms with Crippen molar-refractivity contribution >= 4 is 70.5 Å². The van der Waals surface area contributed by atoms with E-state index in [4.69, 9.17) is 63.1 Å². The predicted octanol–water partition coefficient (Wildman–Crippen LogP) is 0.106. The van der Waals surface area contributed by atoms with Gasteiger partial charge in [0.05, 0.1) is 41.3 Å². The van der Waals surface area contributed by atoms with E-state index in [9.17, 15) is 75.0 Å². The molecular weight excluding hydrogens is 1370 g/mol. The number of likely N-dealkylation sites (N-methyl/N-ethyl adjacent to an activating group) is 1. The van der Waals surface area contributed by atoms with E-state index in [0.717, 1.165) is 66.7 Å². The first kappa shape index (κ1) is 74.5. The highest BCUT2D eigenvalue weighted by molar-refractivity contribution is 6.32.